The van der Waals surface area contributed by atoms with Crippen molar-refractivity contribution in [3.05, 3.63) is 74.8 Å². The molecule has 0 spiro atoms. The van der Waals surface area contributed by atoms with Gasteiger partial charge in [0.25, 0.3) is 5.69 Å². The molecule has 0 saturated carbocycles. The molecule has 0 N–H and O–H groups in total. The van der Waals surface area contributed by atoms with Gasteiger partial charge in [-0.2, -0.15) is 0 Å². The van der Waals surface area contributed by atoms with Gasteiger partial charge in [0.2, 0.25) is 0 Å². The molecule has 1 saturated heterocycles. The number of nitro groups is 1. The zero-order chi connectivity index (χ0) is 18.5. The Kier molecular flexibility index (Phi) is 5.65. The van der Waals surface area contributed by atoms with Gasteiger partial charge in [0.05, 0.1) is 18.1 Å². The maximum absolute atomic E-state index is 12.3. The van der Waals surface area contributed by atoms with E-state index in [2.05, 4.69) is 4.90 Å². The topological polar surface area (TPSA) is 72.7 Å². The minimum atomic E-state index is -0.550. The number of hydrogen-bond donors (Lipinski definition) is 0. The van der Waals surface area contributed by atoms with Gasteiger partial charge < -0.3 is 9.64 Å². The van der Waals surface area contributed by atoms with Crippen LogP contribution in [0.1, 0.15) is 15.9 Å². The highest BCUT2D eigenvalue weighted by atomic mass is 35.5. The summed E-state index contributed by atoms with van der Waals surface area (Å²) in [5.74, 6) is -0.170. The van der Waals surface area contributed by atoms with Crippen LogP contribution in [-0.4, -0.2) is 37.0 Å². The zero-order valence-electron chi connectivity index (χ0n) is 13.9. The monoisotopic (exact) mass is 372 g/mol. The number of benzene rings is 2. The molecule has 1 fully saturated rings. The average molecular weight is 373 g/mol. The fourth-order valence-electron chi connectivity index (χ4n) is 2.70. The van der Waals surface area contributed by atoms with E-state index in [9.17, 15) is 14.9 Å². The number of hydrogen-bond acceptors (Lipinski definition) is 5. The molecule has 2 aromatic rings. The van der Waals surface area contributed by atoms with E-state index in [0.717, 1.165) is 18.8 Å². The van der Waals surface area contributed by atoms with E-state index in [1.165, 1.54) is 18.2 Å². The number of nitrogens with zero attached hydrogens (tertiary/aromatic N) is 2. The number of rotatable bonds is 5. The molecular weight excluding hydrogens is 356 g/mol. The molecule has 0 aliphatic carbocycles. The van der Waals surface area contributed by atoms with Crippen molar-refractivity contribution in [2.24, 2.45) is 0 Å². The van der Waals surface area contributed by atoms with E-state index < -0.39 is 4.92 Å². The van der Waals surface area contributed by atoms with E-state index in [1.807, 2.05) is 12.1 Å². The van der Waals surface area contributed by atoms with Crippen LogP contribution in [0.4, 0.5) is 11.4 Å². The Balaban J connectivity index is 1.70. The normalized spacial score (nSPS) is 14.6. The summed E-state index contributed by atoms with van der Waals surface area (Å²) in [5.41, 5.74) is 1.97. The van der Waals surface area contributed by atoms with Gasteiger partial charge in [-0.1, -0.05) is 23.7 Å². The summed E-state index contributed by atoms with van der Waals surface area (Å²) >= 11 is 5.78. The summed E-state index contributed by atoms with van der Waals surface area (Å²) in [6, 6.07) is 11.8. The molecule has 3 rings (SSSR count). The van der Waals surface area contributed by atoms with Crippen LogP contribution in [0.5, 0.6) is 0 Å². The molecule has 0 radical (unpaired) electrons. The van der Waals surface area contributed by atoms with Gasteiger partial charge in [-0.05, 0) is 42.0 Å². The fourth-order valence-corrected chi connectivity index (χ4v) is 2.89. The van der Waals surface area contributed by atoms with Crippen LogP contribution >= 0.6 is 11.6 Å². The molecule has 7 heteroatoms. The second-order valence-electron chi connectivity index (χ2n) is 5.81. The molecule has 0 bridgehead atoms. The number of allylic oxidation sites excluding steroid dienone is 1. The minimum absolute atomic E-state index is 0.0668. The van der Waals surface area contributed by atoms with Crippen LogP contribution in [0.3, 0.4) is 0 Å². The second-order valence-corrected chi connectivity index (χ2v) is 6.22. The first-order valence-electron chi connectivity index (χ1n) is 8.14. The predicted octanol–water partition coefficient (Wildman–Crippen LogP) is 3.98. The summed E-state index contributed by atoms with van der Waals surface area (Å²) in [6.45, 7) is 3.08. The van der Waals surface area contributed by atoms with Crippen molar-refractivity contribution >= 4 is 34.8 Å². The Morgan fingerprint density at radius 2 is 1.85 bits per heavy atom. The Morgan fingerprint density at radius 1 is 1.15 bits per heavy atom. The summed E-state index contributed by atoms with van der Waals surface area (Å²) < 4.78 is 5.33. The van der Waals surface area contributed by atoms with Crippen LogP contribution in [0.25, 0.3) is 6.08 Å². The van der Waals surface area contributed by atoms with E-state index in [4.69, 9.17) is 16.3 Å². The SMILES string of the molecule is O=C(/C=C/c1ccc(Cl)c([N+](=O)[O-])c1)c1ccc(N2CCOCC2)cc1. The Morgan fingerprint density at radius 3 is 2.50 bits per heavy atom. The Bertz CT molecular complexity index is 843. The lowest BCUT2D eigenvalue weighted by molar-refractivity contribution is -0.384. The lowest BCUT2D eigenvalue weighted by Crippen LogP contribution is -2.36. The number of nitro benzene ring substituents is 1. The third-order valence-corrected chi connectivity index (χ3v) is 4.44. The van der Waals surface area contributed by atoms with Crippen molar-refractivity contribution in [2.75, 3.05) is 31.2 Å². The van der Waals surface area contributed by atoms with E-state index in [0.29, 0.717) is 24.3 Å². The van der Waals surface area contributed by atoms with Crippen molar-refractivity contribution in [2.45, 2.75) is 0 Å². The number of ether oxygens (including phenoxy) is 1. The summed E-state index contributed by atoms with van der Waals surface area (Å²) in [7, 11) is 0. The van der Waals surface area contributed by atoms with Gasteiger partial charge in [-0.15, -0.1) is 0 Å². The largest absolute Gasteiger partial charge is 0.378 e. The number of halogens is 1. The van der Waals surface area contributed by atoms with Gasteiger partial charge >= 0.3 is 0 Å². The summed E-state index contributed by atoms with van der Waals surface area (Å²) in [5, 5.41) is 11.0. The maximum atomic E-state index is 12.3. The highest BCUT2D eigenvalue weighted by Crippen LogP contribution is 2.25. The molecule has 1 aliphatic heterocycles. The van der Waals surface area contributed by atoms with Crippen LogP contribution in [0, 0.1) is 10.1 Å². The molecule has 0 unspecified atom stereocenters. The summed E-state index contributed by atoms with van der Waals surface area (Å²) in [4.78, 5) is 24.9. The van der Waals surface area contributed by atoms with Crippen molar-refractivity contribution in [1.29, 1.82) is 0 Å². The van der Waals surface area contributed by atoms with Gasteiger partial charge in [0, 0.05) is 30.4 Å². The molecule has 0 amide bonds. The van der Waals surface area contributed by atoms with Crippen LogP contribution < -0.4 is 4.90 Å². The van der Waals surface area contributed by atoms with Gasteiger partial charge in [0.1, 0.15) is 5.02 Å². The molecule has 2 aromatic carbocycles. The lowest BCUT2D eigenvalue weighted by atomic mass is 10.1. The van der Waals surface area contributed by atoms with Crippen molar-refractivity contribution in [1.82, 2.24) is 0 Å². The van der Waals surface area contributed by atoms with E-state index in [1.54, 1.807) is 24.3 Å². The van der Waals surface area contributed by atoms with E-state index >= 15 is 0 Å². The van der Waals surface area contributed by atoms with Crippen LogP contribution in [0.2, 0.25) is 5.02 Å². The van der Waals surface area contributed by atoms with Crippen molar-refractivity contribution < 1.29 is 14.5 Å². The summed E-state index contributed by atoms with van der Waals surface area (Å²) in [6.07, 6.45) is 2.94. The number of anilines is 1. The molecular formula is C19H17ClN2O4. The maximum Gasteiger partial charge on any atom is 0.288 e. The highest BCUT2D eigenvalue weighted by molar-refractivity contribution is 6.32. The van der Waals surface area contributed by atoms with E-state index in [-0.39, 0.29) is 16.5 Å². The molecule has 6 nitrogen and oxygen atoms in total. The first kappa shape index (κ1) is 18.1. The molecule has 1 heterocycles. The van der Waals surface area contributed by atoms with Gasteiger partial charge in [-0.25, -0.2) is 0 Å². The smallest absolute Gasteiger partial charge is 0.288 e. The standard InChI is InChI=1S/C19H17ClN2O4/c20-17-7-1-14(13-18(17)22(24)25)2-8-19(23)15-3-5-16(6-4-15)21-9-11-26-12-10-21/h1-8,13H,9-12H2/b8-2+. The number of ketones is 1. The predicted molar refractivity (Wildman–Crippen MR) is 101 cm³/mol. The Labute approximate surface area is 155 Å². The zero-order valence-corrected chi connectivity index (χ0v) is 14.7. The van der Waals surface area contributed by atoms with Gasteiger partial charge in [0.15, 0.2) is 5.78 Å². The van der Waals surface area contributed by atoms with Gasteiger partial charge in [-0.3, -0.25) is 14.9 Å². The van der Waals surface area contributed by atoms with Crippen molar-refractivity contribution in [3.63, 3.8) is 0 Å². The Hall–Kier alpha value is -2.70. The molecule has 134 valence electrons. The second kappa shape index (κ2) is 8.12. The quantitative estimate of drug-likeness (QED) is 0.343. The van der Waals surface area contributed by atoms with Crippen LogP contribution in [-0.2, 0) is 4.74 Å². The highest BCUT2D eigenvalue weighted by Gasteiger charge is 2.13. The first-order valence-corrected chi connectivity index (χ1v) is 8.51. The molecule has 1 aliphatic rings. The fraction of sp³-hybridized carbons (Fsp3) is 0.211. The number of morpholine rings is 1. The van der Waals surface area contributed by atoms with Crippen LogP contribution in [0.15, 0.2) is 48.5 Å². The molecule has 0 atom stereocenters. The number of carbonyl (C=O) groups excluding carboxylic acids is 1. The molecule has 26 heavy (non-hydrogen) atoms. The molecule has 0 aromatic heterocycles. The number of carbonyl (C=O) groups is 1. The third kappa shape index (κ3) is 4.28. The average Bonchev–Trinajstić information content (AvgIpc) is 2.67. The van der Waals surface area contributed by atoms with Crippen molar-refractivity contribution in [3.8, 4) is 0 Å². The first-order chi connectivity index (χ1) is 12.5. The third-order valence-electron chi connectivity index (χ3n) is 4.12. The minimum Gasteiger partial charge on any atom is -0.378 e. The lowest BCUT2D eigenvalue weighted by Gasteiger charge is -2.28.